The fourth-order valence-electron chi connectivity index (χ4n) is 2.05. The van der Waals surface area contributed by atoms with Gasteiger partial charge in [0.15, 0.2) is 0 Å². The lowest BCUT2D eigenvalue weighted by molar-refractivity contribution is 0.425. The molecule has 92 valence electrons. The monoisotopic (exact) mass is 240 g/mol. The second-order valence-electron chi connectivity index (χ2n) is 4.46. The van der Waals surface area contributed by atoms with Gasteiger partial charge in [-0.2, -0.15) is 0 Å². The summed E-state index contributed by atoms with van der Waals surface area (Å²) < 4.78 is 0. The molecule has 0 fully saturated rings. The highest BCUT2D eigenvalue weighted by molar-refractivity contribution is 6.58. The molecule has 3 heteroatoms. The van der Waals surface area contributed by atoms with Crippen molar-refractivity contribution in [3.05, 3.63) is 65.7 Å². The first-order chi connectivity index (χ1) is 8.75. The zero-order valence-corrected chi connectivity index (χ0v) is 10.3. The largest absolute Gasteiger partial charge is 0.488 e. The summed E-state index contributed by atoms with van der Waals surface area (Å²) in [6.07, 6.45) is 3.07. The van der Waals surface area contributed by atoms with Crippen LogP contribution in [0.25, 0.3) is 0 Å². The van der Waals surface area contributed by atoms with Crippen LogP contribution in [0.5, 0.6) is 0 Å². The second kappa shape index (κ2) is 6.38. The topological polar surface area (TPSA) is 40.5 Å². The maximum atomic E-state index is 9.11. The van der Waals surface area contributed by atoms with Crippen molar-refractivity contribution in [2.75, 3.05) is 0 Å². The van der Waals surface area contributed by atoms with Crippen molar-refractivity contribution < 1.29 is 10.0 Å². The summed E-state index contributed by atoms with van der Waals surface area (Å²) in [6.45, 7) is 0. The van der Waals surface area contributed by atoms with E-state index < -0.39 is 7.12 Å². The molecule has 18 heavy (non-hydrogen) atoms. The molecule has 0 saturated heterocycles. The fraction of sp³-hybridized carbons (Fsp3) is 0.200. The lowest BCUT2D eigenvalue weighted by atomic mass is 9.79. The molecule has 0 aliphatic heterocycles. The summed E-state index contributed by atoms with van der Waals surface area (Å²) in [6, 6.07) is 17.9. The van der Waals surface area contributed by atoms with Gasteiger partial charge in [-0.3, -0.25) is 0 Å². The second-order valence-corrected chi connectivity index (χ2v) is 4.46. The van der Waals surface area contributed by atoms with Crippen molar-refractivity contribution in [3.63, 3.8) is 0 Å². The Kier molecular flexibility index (Phi) is 4.56. The Balaban J connectivity index is 1.89. The molecule has 2 aromatic rings. The van der Waals surface area contributed by atoms with Crippen LogP contribution >= 0.6 is 0 Å². The molecule has 0 amide bonds. The van der Waals surface area contributed by atoms with Crippen LogP contribution in [0.1, 0.15) is 17.5 Å². The number of benzene rings is 2. The smallest absolute Gasteiger partial charge is 0.423 e. The zero-order valence-electron chi connectivity index (χ0n) is 10.3. The molecule has 0 heterocycles. The number of hydrogen-bond acceptors (Lipinski definition) is 2. The van der Waals surface area contributed by atoms with Gasteiger partial charge in [0.1, 0.15) is 0 Å². The maximum Gasteiger partial charge on any atom is 0.488 e. The zero-order chi connectivity index (χ0) is 12.8. The quantitative estimate of drug-likeness (QED) is 0.778. The predicted molar refractivity (Wildman–Crippen MR) is 74.7 cm³/mol. The van der Waals surface area contributed by atoms with E-state index in [0.717, 1.165) is 24.8 Å². The highest BCUT2D eigenvalue weighted by atomic mass is 16.4. The van der Waals surface area contributed by atoms with Crippen molar-refractivity contribution in [2.45, 2.75) is 19.3 Å². The molecule has 2 aromatic carbocycles. The Hall–Kier alpha value is -1.58. The van der Waals surface area contributed by atoms with Gasteiger partial charge in [-0.1, -0.05) is 54.6 Å². The first-order valence-corrected chi connectivity index (χ1v) is 6.24. The van der Waals surface area contributed by atoms with E-state index in [1.165, 1.54) is 5.56 Å². The van der Waals surface area contributed by atoms with Crippen molar-refractivity contribution >= 4 is 12.6 Å². The molecular weight excluding hydrogens is 223 g/mol. The number of hydrogen-bond donors (Lipinski definition) is 2. The van der Waals surface area contributed by atoms with Crippen molar-refractivity contribution in [1.82, 2.24) is 0 Å². The van der Waals surface area contributed by atoms with Crippen LogP contribution in [0.2, 0.25) is 0 Å². The molecule has 0 aliphatic rings. The minimum absolute atomic E-state index is 0.562. The third-order valence-corrected chi connectivity index (χ3v) is 3.02. The third-order valence-electron chi connectivity index (χ3n) is 3.02. The molecule has 0 radical (unpaired) electrons. The number of rotatable bonds is 5. The standard InChI is InChI=1S/C15H17BO2/c17-16(18)15-11-5-10-14(12-15)9-4-8-13-6-2-1-3-7-13/h1-3,5-7,10-12,17-18H,4,8-9H2. The van der Waals surface area contributed by atoms with E-state index >= 15 is 0 Å². The number of aryl methyl sites for hydroxylation is 2. The van der Waals surface area contributed by atoms with Crippen molar-refractivity contribution in [2.24, 2.45) is 0 Å². The lowest BCUT2D eigenvalue weighted by Crippen LogP contribution is -2.29. The first-order valence-electron chi connectivity index (χ1n) is 6.24. The Bertz CT molecular complexity index is 483. The van der Waals surface area contributed by atoms with Crippen molar-refractivity contribution in [1.29, 1.82) is 0 Å². The van der Waals surface area contributed by atoms with Crippen LogP contribution in [0.3, 0.4) is 0 Å². The van der Waals surface area contributed by atoms with E-state index in [-0.39, 0.29) is 0 Å². The molecule has 0 aromatic heterocycles. The van der Waals surface area contributed by atoms with Gasteiger partial charge in [-0.15, -0.1) is 0 Å². The summed E-state index contributed by atoms with van der Waals surface area (Å²) in [4.78, 5) is 0. The summed E-state index contributed by atoms with van der Waals surface area (Å²) in [5.74, 6) is 0. The van der Waals surface area contributed by atoms with Crippen LogP contribution < -0.4 is 5.46 Å². The van der Waals surface area contributed by atoms with Gasteiger partial charge in [0, 0.05) is 0 Å². The van der Waals surface area contributed by atoms with Crippen LogP contribution in [-0.4, -0.2) is 17.2 Å². The van der Waals surface area contributed by atoms with Crippen LogP contribution in [0.15, 0.2) is 54.6 Å². The Labute approximate surface area is 108 Å². The normalized spacial score (nSPS) is 10.3. The average molecular weight is 240 g/mol. The van der Waals surface area contributed by atoms with Gasteiger partial charge < -0.3 is 10.0 Å². The molecule has 0 bridgehead atoms. The molecule has 2 N–H and O–H groups in total. The minimum atomic E-state index is -1.38. The Morgan fingerprint density at radius 1 is 0.778 bits per heavy atom. The van der Waals surface area contributed by atoms with E-state index in [9.17, 15) is 0 Å². The van der Waals surface area contributed by atoms with Gasteiger partial charge in [0.05, 0.1) is 0 Å². The Morgan fingerprint density at radius 2 is 1.44 bits per heavy atom. The molecule has 2 nitrogen and oxygen atoms in total. The van der Waals surface area contributed by atoms with E-state index in [4.69, 9.17) is 10.0 Å². The van der Waals surface area contributed by atoms with Crippen LogP contribution in [0.4, 0.5) is 0 Å². The fourth-order valence-corrected chi connectivity index (χ4v) is 2.05. The maximum absolute atomic E-state index is 9.11. The summed E-state index contributed by atoms with van der Waals surface area (Å²) in [5, 5.41) is 18.2. The summed E-state index contributed by atoms with van der Waals surface area (Å²) >= 11 is 0. The van der Waals surface area contributed by atoms with Gasteiger partial charge in [0.25, 0.3) is 0 Å². The average Bonchev–Trinajstić information content (AvgIpc) is 2.40. The molecule has 0 atom stereocenters. The van der Waals surface area contributed by atoms with Gasteiger partial charge in [-0.05, 0) is 35.9 Å². The van der Waals surface area contributed by atoms with Gasteiger partial charge >= 0.3 is 7.12 Å². The Morgan fingerprint density at radius 3 is 2.17 bits per heavy atom. The summed E-state index contributed by atoms with van der Waals surface area (Å²) in [5.41, 5.74) is 3.06. The summed E-state index contributed by atoms with van der Waals surface area (Å²) in [7, 11) is -1.38. The van der Waals surface area contributed by atoms with Crippen LogP contribution in [0, 0.1) is 0 Å². The van der Waals surface area contributed by atoms with E-state index in [1.807, 2.05) is 24.3 Å². The minimum Gasteiger partial charge on any atom is -0.423 e. The lowest BCUT2D eigenvalue weighted by Gasteiger charge is -2.05. The van der Waals surface area contributed by atoms with Crippen LogP contribution in [-0.2, 0) is 12.8 Å². The molecule has 0 aliphatic carbocycles. The highest BCUT2D eigenvalue weighted by Crippen LogP contribution is 2.07. The SMILES string of the molecule is OB(O)c1cccc(CCCc2ccccc2)c1. The third kappa shape index (κ3) is 3.72. The van der Waals surface area contributed by atoms with Crippen molar-refractivity contribution in [3.8, 4) is 0 Å². The molecule has 0 spiro atoms. The molecular formula is C15H17BO2. The molecule has 0 unspecified atom stereocenters. The van der Waals surface area contributed by atoms with Gasteiger partial charge in [-0.25, -0.2) is 0 Å². The molecule has 2 rings (SSSR count). The first kappa shape index (κ1) is 12.9. The van der Waals surface area contributed by atoms with E-state index in [0.29, 0.717) is 5.46 Å². The van der Waals surface area contributed by atoms with E-state index in [1.54, 1.807) is 6.07 Å². The highest BCUT2D eigenvalue weighted by Gasteiger charge is 2.10. The predicted octanol–water partition coefficient (Wildman–Crippen LogP) is 1.54. The van der Waals surface area contributed by atoms with E-state index in [2.05, 4.69) is 24.3 Å². The van der Waals surface area contributed by atoms with Gasteiger partial charge in [0.2, 0.25) is 0 Å². The molecule has 0 saturated carbocycles.